The molecule has 0 radical (unpaired) electrons. The molecule has 0 aromatic heterocycles. The molecule has 2 aromatic carbocycles. The fourth-order valence-electron chi connectivity index (χ4n) is 2.36. The molecule has 2 aromatic rings. The molecule has 0 heterocycles. The molecule has 0 aliphatic carbocycles. The molecule has 2 rings (SSSR count). The summed E-state index contributed by atoms with van der Waals surface area (Å²) < 4.78 is 29.9. The van der Waals surface area contributed by atoms with Crippen LogP contribution in [0.2, 0.25) is 0 Å². The molecule has 26 heavy (non-hydrogen) atoms. The third kappa shape index (κ3) is 4.29. The first-order valence-corrected chi connectivity index (χ1v) is 9.72. The van der Waals surface area contributed by atoms with Crippen LogP contribution < -0.4 is 0 Å². The van der Waals surface area contributed by atoms with Crippen molar-refractivity contribution in [3.05, 3.63) is 65.7 Å². The van der Waals surface area contributed by atoms with Crippen LogP contribution in [0.25, 0.3) is 0 Å². The number of sulfone groups is 1. The molecule has 6 nitrogen and oxygen atoms in total. The Labute approximate surface area is 153 Å². The minimum Gasteiger partial charge on any atom is -0.444 e. The normalized spacial score (nSPS) is 12.3. The van der Waals surface area contributed by atoms with E-state index in [0.29, 0.717) is 5.56 Å². The third-order valence-electron chi connectivity index (χ3n) is 3.81. The fourth-order valence-corrected chi connectivity index (χ4v) is 3.44. The van der Waals surface area contributed by atoms with Gasteiger partial charge >= 0.3 is 5.97 Å². The van der Waals surface area contributed by atoms with Crippen molar-refractivity contribution in [2.24, 2.45) is 0 Å². The Bertz CT molecular complexity index is 891. The highest BCUT2D eigenvalue weighted by atomic mass is 32.2. The maximum Gasteiger partial charge on any atom is 0.340 e. The Balaban J connectivity index is 2.42. The maximum atomic E-state index is 12.7. The van der Waals surface area contributed by atoms with E-state index < -0.39 is 27.8 Å². The Morgan fingerprint density at radius 3 is 2.15 bits per heavy atom. The van der Waals surface area contributed by atoms with Gasteiger partial charge in [0.1, 0.15) is 0 Å². The first-order valence-electron chi connectivity index (χ1n) is 8.06. The van der Waals surface area contributed by atoms with Crippen LogP contribution in [0.1, 0.15) is 28.9 Å². The lowest BCUT2D eigenvalue weighted by Crippen LogP contribution is -2.31. The van der Waals surface area contributed by atoms with E-state index >= 15 is 0 Å². The lowest BCUT2D eigenvalue weighted by Gasteiger charge is -2.21. The van der Waals surface area contributed by atoms with E-state index in [1.165, 1.54) is 24.0 Å². The van der Waals surface area contributed by atoms with E-state index in [-0.39, 0.29) is 16.2 Å². The fraction of sp³-hybridized carbons (Fsp3) is 0.263. The molecule has 0 spiro atoms. The Kier molecular flexibility index (Phi) is 6.15. The van der Waals surface area contributed by atoms with Gasteiger partial charge in [0.2, 0.25) is 6.10 Å². The summed E-state index contributed by atoms with van der Waals surface area (Å²) in [6, 6.07) is 14.4. The summed E-state index contributed by atoms with van der Waals surface area (Å²) in [5.41, 5.74) is 0.428. The molecule has 7 heteroatoms. The van der Waals surface area contributed by atoms with E-state index in [0.717, 1.165) is 0 Å². The SMILES string of the molecule is CCS(=O)(=O)c1ccccc1C(=O)O[C@H](C(=O)N(C)C)c1ccccc1. The van der Waals surface area contributed by atoms with Gasteiger partial charge in [-0.2, -0.15) is 0 Å². The second kappa shape index (κ2) is 8.14. The molecule has 1 amide bonds. The average molecular weight is 375 g/mol. The number of nitrogens with zero attached hydrogens (tertiary/aromatic N) is 1. The largest absolute Gasteiger partial charge is 0.444 e. The van der Waals surface area contributed by atoms with Gasteiger partial charge in [0.05, 0.1) is 16.2 Å². The minimum atomic E-state index is -3.61. The van der Waals surface area contributed by atoms with Crippen molar-refractivity contribution < 1.29 is 22.7 Å². The van der Waals surface area contributed by atoms with Crippen LogP contribution in [-0.4, -0.2) is 45.0 Å². The quantitative estimate of drug-likeness (QED) is 0.725. The van der Waals surface area contributed by atoms with E-state index in [1.807, 2.05) is 0 Å². The van der Waals surface area contributed by atoms with Gasteiger partial charge in [-0.1, -0.05) is 49.4 Å². The number of likely N-dealkylation sites (N-methyl/N-ethyl adjacent to an activating group) is 1. The number of carbonyl (C=O) groups is 2. The molecule has 0 aliphatic heterocycles. The van der Waals surface area contributed by atoms with Gasteiger partial charge in [0, 0.05) is 19.7 Å². The van der Waals surface area contributed by atoms with Crippen LogP contribution in [0, 0.1) is 0 Å². The lowest BCUT2D eigenvalue weighted by atomic mass is 10.1. The van der Waals surface area contributed by atoms with E-state index in [2.05, 4.69) is 0 Å². The van der Waals surface area contributed by atoms with Crippen molar-refractivity contribution in [1.29, 1.82) is 0 Å². The molecule has 0 N–H and O–H groups in total. The van der Waals surface area contributed by atoms with E-state index in [4.69, 9.17) is 4.74 Å². The van der Waals surface area contributed by atoms with Crippen molar-refractivity contribution in [2.45, 2.75) is 17.9 Å². The summed E-state index contributed by atoms with van der Waals surface area (Å²) in [7, 11) is -0.493. The third-order valence-corrected chi connectivity index (χ3v) is 5.60. The zero-order valence-electron chi connectivity index (χ0n) is 14.9. The van der Waals surface area contributed by atoms with E-state index in [1.54, 1.807) is 56.6 Å². The van der Waals surface area contributed by atoms with Crippen molar-refractivity contribution in [3.63, 3.8) is 0 Å². The zero-order valence-corrected chi connectivity index (χ0v) is 15.7. The summed E-state index contributed by atoms with van der Waals surface area (Å²) in [5.74, 6) is -1.42. The van der Waals surface area contributed by atoms with E-state index in [9.17, 15) is 18.0 Å². The van der Waals surface area contributed by atoms with Crippen LogP contribution in [0.5, 0.6) is 0 Å². The summed E-state index contributed by atoms with van der Waals surface area (Å²) in [5, 5.41) is 0. The Hall–Kier alpha value is -2.67. The zero-order chi connectivity index (χ0) is 19.3. The highest BCUT2D eigenvalue weighted by molar-refractivity contribution is 7.91. The summed E-state index contributed by atoms with van der Waals surface area (Å²) in [4.78, 5) is 26.4. The molecule has 0 saturated heterocycles. The number of hydrogen-bond donors (Lipinski definition) is 0. The van der Waals surface area contributed by atoms with Gasteiger partial charge in [-0.3, -0.25) is 4.79 Å². The Morgan fingerprint density at radius 2 is 1.58 bits per heavy atom. The molecule has 138 valence electrons. The van der Waals surface area contributed by atoms with Crippen LogP contribution >= 0.6 is 0 Å². The standard InChI is InChI=1S/C19H21NO5S/c1-4-26(23,24)16-13-9-8-12-15(16)19(22)25-17(18(21)20(2)3)14-10-6-5-7-11-14/h5-13,17H,4H2,1-3H3/t17-/m0/s1. The Morgan fingerprint density at radius 1 is 1.00 bits per heavy atom. The second-order valence-corrected chi connectivity index (χ2v) is 8.07. The predicted octanol–water partition coefficient (Wildman–Crippen LogP) is 2.47. The van der Waals surface area contributed by atoms with Crippen molar-refractivity contribution in [2.75, 3.05) is 19.8 Å². The summed E-state index contributed by atoms with van der Waals surface area (Å²) in [6.45, 7) is 1.50. The first-order chi connectivity index (χ1) is 12.3. The van der Waals surface area contributed by atoms with Crippen molar-refractivity contribution in [3.8, 4) is 0 Å². The molecule has 0 unspecified atom stereocenters. The van der Waals surface area contributed by atoms with Gasteiger partial charge in [-0.05, 0) is 12.1 Å². The number of benzene rings is 2. The number of rotatable bonds is 6. The van der Waals surface area contributed by atoms with Gasteiger partial charge in [0.15, 0.2) is 9.84 Å². The minimum absolute atomic E-state index is 0.0816. The van der Waals surface area contributed by atoms with Crippen LogP contribution in [-0.2, 0) is 19.4 Å². The molecule has 0 aliphatic rings. The second-order valence-electron chi connectivity index (χ2n) is 5.83. The highest BCUT2D eigenvalue weighted by Crippen LogP contribution is 2.24. The van der Waals surface area contributed by atoms with Gasteiger partial charge in [-0.25, -0.2) is 13.2 Å². The van der Waals surface area contributed by atoms with Crippen molar-refractivity contribution >= 4 is 21.7 Å². The highest BCUT2D eigenvalue weighted by Gasteiger charge is 2.29. The number of amides is 1. The molecule has 0 saturated carbocycles. The molecule has 1 atom stereocenters. The first kappa shape index (κ1) is 19.7. The molecule has 0 bridgehead atoms. The van der Waals surface area contributed by atoms with Crippen LogP contribution in [0.15, 0.2) is 59.5 Å². The predicted molar refractivity (Wildman–Crippen MR) is 97.5 cm³/mol. The number of ether oxygens (including phenoxy) is 1. The topological polar surface area (TPSA) is 80.7 Å². The number of esters is 1. The molecule has 0 fully saturated rings. The lowest BCUT2D eigenvalue weighted by molar-refractivity contribution is -0.138. The maximum absolute atomic E-state index is 12.7. The number of carbonyl (C=O) groups excluding carboxylic acids is 2. The molecular formula is C19H21NO5S. The van der Waals surface area contributed by atoms with Crippen molar-refractivity contribution in [1.82, 2.24) is 4.90 Å². The smallest absolute Gasteiger partial charge is 0.340 e. The average Bonchev–Trinajstić information content (AvgIpc) is 2.66. The van der Waals surface area contributed by atoms with Gasteiger partial charge in [0.25, 0.3) is 5.91 Å². The monoisotopic (exact) mass is 375 g/mol. The molecular weight excluding hydrogens is 354 g/mol. The van der Waals surface area contributed by atoms with Crippen LogP contribution in [0.3, 0.4) is 0 Å². The number of hydrogen-bond acceptors (Lipinski definition) is 5. The van der Waals surface area contributed by atoms with Crippen LogP contribution in [0.4, 0.5) is 0 Å². The van der Waals surface area contributed by atoms with Gasteiger partial charge in [-0.15, -0.1) is 0 Å². The summed E-state index contributed by atoms with van der Waals surface area (Å²) >= 11 is 0. The van der Waals surface area contributed by atoms with Gasteiger partial charge < -0.3 is 9.64 Å². The summed E-state index contributed by atoms with van der Waals surface area (Å²) in [6.07, 6.45) is -1.16.